The van der Waals surface area contributed by atoms with Gasteiger partial charge in [0, 0.05) is 0 Å². The molecule has 28 heavy (non-hydrogen) atoms. The van der Waals surface area contributed by atoms with E-state index >= 15 is 0 Å². The molecule has 1 atom stereocenters. The van der Waals surface area contributed by atoms with Gasteiger partial charge < -0.3 is 0 Å². The van der Waals surface area contributed by atoms with Gasteiger partial charge in [-0.1, -0.05) is 13.8 Å². The summed E-state index contributed by atoms with van der Waals surface area (Å²) < 4.78 is 7.77. The van der Waals surface area contributed by atoms with E-state index in [4.69, 9.17) is 9.72 Å². The van der Waals surface area contributed by atoms with Gasteiger partial charge in [-0.2, -0.15) is 0 Å². The summed E-state index contributed by atoms with van der Waals surface area (Å²) in [6.45, 7) is 8.67. The molecule has 1 aliphatic carbocycles. The van der Waals surface area contributed by atoms with Crippen molar-refractivity contribution >= 4 is 25.8 Å². The maximum absolute atomic E-state index is 6.54. The van der Waals surface area contributed by atoms with Crippen LogP contribution >= 0.6 is 0 Å². The van der Waals surface area contributed by atoms with Gasteiger partial charge in [-0.3, -0.25) is 0 Å². The summed E-state index contributed by atoms with van der Waals surface area (Å²) in [5, 5.41) is 3.42. The average molecular weight is 581 g/mol. The standard InChI is InChI=1S/C20H31N4O.C2H6.Pb/c1-23(2)9-4-5-17-19-16(7-10-24(17)3)22-8-6-18(19)25-15-11-20(12-15)13-21-14-20;1-2;/h6,8,15,17,21H,3-5,7,9-14H2,1-2H3;1-2H3;. The second-order valence-corrected chi connectivity index (χ2v) is 9.83. The molecule has 1 unspecified atom stereocenters. The zero-order chi connectivity index (χ0) is 20.1. The average Bonchev–Trinajstić information content (AvgIpc) is 2.64. The van der Waals surface area contributed by atoms with Crippen LogP contribution in [0.5, 0.6) is 5.75 Å². The number of pyridine rings is 1. The number of hydrogen-bond acceptors (Lipinski definition) is 5. The van der Waals surface area contributed by atoms with Crippen molar-refractivity contribution < 1.29 is 4.74 Å². The number of nitrogens with zero attached hydrogens (tertiary/aromatic N) is 3. The Morgan fingerprint density at radius 3 is 2.68 bits per heavy atom. The second kappa shape index (κ2) is 10.2. The first-order valence-corrected chi connectivity index (χ1v) is 13.7. The molecule has 5 nitrogen and oxygen atoms in total. The quantitative estimate of drug-likeness (QED) is 0.503. The van der Waals surface area contributed by atoms with Crippen molar-refractivity contribution in [1.29, 1.82) is 0 Å². The number of ether oxygens (including phenoxy) is 1. The number of nitrogens with one attached hydrogen (secondary N) is 1. The van der Waals surface area contributed by atoms with Crippen LogP contribution in [0.15, 0.2) is 12.3 Å². The maximum atomic E-state index is 6.54. The van der Waals surface area contributed by atoms with Gasteiger partial charge >= 0.3 is 174 Å². The molecule has 1 aromatic heterocycles. The molecule has 3 heterocycles. The fourth-order valence-electron chi connectivity index (χ4n) is 4.80. The first-order valence-electron chi connectivity index (χ1n) is 11.0. The Morgan fingerprint density at radius 1 is 1.32 bits per heavy atom. The van der Waals surface area contributed by atoms with E-state index < -0.39 is 0 Å². The van der Waals surface area contributed by atoms with Crippen molar-refractivity contribution in [2.75, 3.05) is 44.4 Å². The topological polar surface area (TPSA) is 40.6 Å². The van der Waals surface area contributed by atoms with Crippen molar-refractivity contribution in [2.24, 2.45) is 5.41 Å². The van der Waals surface area contributed by atoms with Crippen LogP contribution in [0.2, 0.25) is 0 Å². The predicted molar refractivity (Wildman–Crippen MR) is 116 cm³/mol. The SMILES string of the molecule is CC.CN(C)CCCC1c2c(OC3CC4(CNC4)C3)ccnc2CCN1[CH2][Pb]. The Bertz CT molecular complexity index is 627. The van der Waals surface area contributed by atoms with Gasteiger partial charge in [0.15, 0.2) is 0 Å². The van der Waals surface area contributed by atoms with Crippen molar-refractivity contribution in [1.82, 2.24) is 20.1 Å². The molecule has 1 saturated heterocycles. The Kier molecular flexibility index (Phi) is 8.16. The molecule has 1 N–H and O–H groups in total. The van der Waals surface area contributed by atoms with Gasteiger partial charge in [-0.25, -0.2) is 0 Å². The van der Waals surface area contributed by atoms with E-state index in [9.17, 15) is 0 Å². The molecule has 0 amide bonds. The molecule has 2 aliphatic heterocycles. The van der Waals surface area contributed by atoms with Crippen LogP contribution in [-0.2, 0) is 6.42 Å². The van der Waals surface area contributed by atoms with Crippen LogP contribution in [0.3, 0.4) is 0 Å². The molecule has 6 heteroatoms. The first-order chi connectivity index (χ1) is 13.6. The van der Waals surface area contributed by atoms with Crippen molar-refractivity contribution in [3.05, 3.63) is 23.5 Å². The molecule has 2 fully saturated rings. The molecular weight excluding hydrogens is 543 g/mol. The van der Waals surface area contributed by atoms with Gasteiger partial charge in [0.25, 0.3) is 0 Å². The van der Waals surface area contributed by atoms with Crippen LogP contribution in [-0.4, -0.2) is 91.0 Å². The fraction of sp³-hybridized carbons (Fsp3) is 0.773. The molecule has 155 valence electrons. The molecule has 0 bridgehead atoms. The molecule has 0 aromatic carbocycles. The van der Waals surface area contributed by atoms with E-state index in [1.807, 2.05) is 20.0 Å². The van der Waals surface area contributed by atoms with E-state index in [2.05, 4.69) is 35.3 Å². The Hall–Kier alpha value is -0.248. The summed E-state index contributed by atoms with van der Waals surface area (Å²) in [4.78, 5) is 9.70. The normalized spacial score (nSPS) is 23.4. The molecule has 3 aliphatic rings. The number of rotatable bonds is 7. The van der Waals surface area contributed by atoms with Gasteiger partial charge in [0.2, 0.25) is 0 Å². The minimum absolute atomic E-state index is 0.400. The van der Waals surface area contributed by atoms with Crippen LogP contribution in [0.25, 0.3) is 0 Å². The molecule has 1 saturated carbocycles. The number of fused-ring (bicyclic) bond motifs is 1. The zero-order valence-corrected chi connectivity index (χ0v) is 22.0. The molecular formula is C22H37N4OPb. The van der Waals surface area contributed by atoms with Gasteiger partial charge in [-0.15, -0.1) is 0 Å². The number of hydrogen-bond donors (Lipinski definition) is 1. The second-order valence-electron chi connectivity index (χ2n) is 8.60. The van der Waals surface area contributed by atoms with Crippen LogP contribution in [0, 0.1) is 5.41 Å². The van der Waals surface area contributed by atoms with Crippen molar-refractivity contribution in [3.63, 3.8) is 0 Å². The molecule has 1 aromatic rings. The van der Waals surface area contributed by atoms with E-state index in [0.717, 1.165) is 25.3 Å². The van der Waals surface area contributed by atoms with Crippen molar-refractivity contribution in [3.8, 4) is 5.75 Å². The van der Waals surface area contributed by atoms with Gasteiger partial charge in [0.1, 0.15) is 0 Å². The summed E-state index contributed by atoms with van der Waals surface area (Å²) in [5.41, 5.74) is 3.24. The Balaban J connectivity index is 0.00000109. The third-order valence-electron chi connectivity index (χ3n) is 6.34. The van der Waals surface area contributed by atoms with Crippen LogP contribution in [0.1, 0.15) is 56.8 Å². The Morgan fingerprint density at radius 2 is 2.07 bits per heavy atom. The first kappa shape index (κ1) is 22.4. The van der Waals surface area contributed by atoms with Crippen molar-refractivity contribution in [2.45, 2.75) is 58.1 Å². The zero-order valence-electron chi connectivity index (χ0n) is 18.1. The summed E-state index contributed by atoms with van der Waals surface area (Å²) >= 11 is 1.22. The third kappa shape index (κ3) is 4.90. The van der Waals surface area contributed by atoms with Crippen LogP contribution in [0.4, 0.5) is 0 Å². The predicted octanol–water partition coefficient (Wildman–Crippen LogP) is 2.61. The van der Waals surface area contributed by atoms with Crippen LogP contribution < -0.4 is 10.1 Å². The summed E-state index contributed by atoms with van der Waals surface area (Å²) in [6.07, 6.45) is 8.28. The minimum atomic E-state index is 0.400. The third-order valence-corrected chi connectivity index (χ3v) is 7.92. The summed E-state index contributed by atoms with van der Waals surface area (Å²) in [5.74, 6) is 1.12. The monoisotopic (exact) mass is 581 g/mol. The van der Waals surface area contributed by atoms with E-state index in [1.165, 1.54) is 79.9 Å². The molecule has 1 spiro atoms. The van der Waals surface area contributed by atoms with Gasteiger partial charge in [0.05, 0.1) is 0 Å². The van der Waals surface area contributed by atoms with E-state index in [0.29, 0.717) is 17.6 Å². The summed E-state index contributed by atoms with van der Waals surface area (Å²) in [7, 11) is 4.33. The van der Waals surface area contributed by atoms with E-state index in [1.54, 1.807) is 0 Å². The Labute approximate surface area is 187 Å². The van der Waals surface area contributed by atoms with Gasteiger partial charge in [-0.05, 0) is 0 Å². The van der Waals surface area contributed by atoms with E-state index in [-0.39, 0.29) is 0 Å². The molecule has 4 rings (SSSR count). The number of aromatic nitrogens is 1. The fourth-order valence-corrected chi connectivity index (χ4v) is 6.27. The summed E-state index contributed by atoms with van der Waals surface area (Å²) in [6, 6.07) is 2.61. The molecule has 3 radical (unpaired) electrons.